The first kappa shape index (κ1) is 80.5. The van der Waals surface area contributed by atoms with Gasteiger partial charge in [0.1, 0.15) is 0 Å². The van der Waals surface area contributed by atoms with Gasteiger partial charge in [-0.1, -0.05) is 273 Å². The molecular formula is C100H104O4Si2Zr2. The third-order valence-corrected chi connectivity index (χ3v) is 19.4. The van der Waals surface area contributed by atoms with Gasteiger partial charge in [-0.15, -0.1) is 116 Å². The maximum Gasteiger partial charge on any atom is 0.0896 e. The van der Waals surface area contributed by atoms with Crippen molar-refractivity contribution in [2.75, 3.05) is 0 Å². The predicted molar refractivity (Wildman–Crippen MR) is 459 cm³/mol. The van der Waals surface area contributed by atoms with Crippen LogP contribution in [0, 0.1) is 27.7 Å². The van der Waals surface area contributed by atoms with Crippen molar-refractivity contribution in [2.45, 2.75) is 159 Å². The van der Waals surface area contributed by atoms with E-state index in [9.17, 15) is 0 Å². The summed E-state index contributed by atoms with van der Waals surface area (Å²) >= 11 is 3.48. The molecule has 0 fully saturated rings. The van der Waals surface area contributed by atoms with Crippen molar-refractivity contribution in [3.8, 4) is 89.8 Å². The Bertz CT molecular complexity index is 5010. The summed E-state index contributed by atoms with van der Waals surface area (Å²) in [5.74, 6) is 7.50. The third kappa shape index (κ3) is 20.3. The first-order valence-electron chi connectivity index (χ1n) is 37.7. The Hall–Kier alpha value is -8.48. The molecule has 0 saturated carbocycles. The van der Waals surface area contributed by atoms with Crippen LogP contribution in [0.3, 0.4) is 0 Å². The van der Waals surface area contributed by atoms with E-state index in [-0.39, 0.29) is 32.5 Å². The Morgan fingerprint density at radius 3 is 0.574 bits per heavy atom. The van der Waals surface area contributed by atoms with Gasteiger partial charge in [0.05, 0.1) is 46.1 Å². The van der Waals surface area contributed by atoms with Crippen LogP contribution in [-0.4, -0.2) is 10.9 Å². The summed E-state index contributed by atoms with van der Waals surface area (Å²) < 4.78 is 23.2. The zero-order chi connectivity index (χ0) is 77.6. The van der Waals surface area contributed by atoms with Crippen LogP contribution in [-0.2, 0) is 68.3 Å². The van der Waals surface area contributed by atoms with Gasteiger partial charge in [0, 0.05) is 0 Å². The van der Waals surface area contributed by atoms with Crippen LogP contribution in [0.2, 0.25) is 26.2 Å². The molecule has 0 unspecified atom stereocenters. The summed E-state index contributed by atoms with van der Waals surface area (Å²) in [6, 6.07) is 95.8. The third-order valence-electron chi connectivity index (χ3n) is 19.4. The summed E-state index contributed by atoms with van der Waals surface area (Å²) in [7, 11) is 0. The summed E-state index contributed by atoms with van der Waals surface area (Å²) in [6.07, 6.45) is 0. The van der Waals surface area contributed by atoms with E-state index >= 15 is 0 Å². The Morgan fingerprint density at radius 2 is 0.426 bits per heavy atom. The number of hydrogen-bond acceptors (Lipinski definition) is 4. The second-order valence-electron chi connectivity index (χ2n) is 33.2. The van der Waals surface area contributed by atoms with Crippen LogP contribution in [0.25, 0.3) is 133 Å². The van der Waals surface area contributed by atoms with Crippen molar-refractivity contribution in [1.29, 1.82) is 0 Å². The molecule has 16 rings (SSSR count). The monoisotopic (exact) mass is 1600 g/mol. The normalized spacial score (nSPS) is 11.6. The molecule has 0 bridgehead atoms. The first-order chi connectivity index (χ1) is 51.1. The molecule has 0 aliphatic heterocycles. The average molecular weight is 1610 g/mol. The van der Waals surface area contributed by atoms with Crippen LogP contribution in [0.15, 0.2) is 285 Å². The Labute approximate surface area is 672 Å². The van der Waals surface area contributed by atoms with Crippen LogP contribution >= 0.6 is 0 Å². The molecule has 0 aliphatic rings. The fourth-order valence-electron chi connectivity index (χ4n) is 13.5. The quantitative estimate of drug-likeness (QED) is 0.112. The SMILES string of the molecule is C[Si](C)=[Zr+2].C[Si](C)=[Zr+2].Cc1ccc(-c2cc3c(-c4ccc(C(C)(C)C)cc4)cccc3[cH-]2)o1.Cc1ccc(-c2cc3c(-c4ccc(C(C)(C)C)cc4)cccc3[cH-]2)o1.Cc1ccc(-c2cc3c(-c4ccc(C(C)(C)C)cc4)cccc3[cH-]2)o1.Cc1ccc(-c2cc3c(-c4ccc(C(C)(C)C)cc4)cccc3[cH-]2)o1. The summed E-state index contributed by atoms with van der Waals surface area (Å²) in [6.45, 7) is 44.1. The predicted octanol–water partition coefficient (Wildman–Crippen LogP) is 29.9. The van der Waals surface area contributed by atoms with Crippen molar-refractivity contribution in [2.24, 2.45) is 0 Å². The van der Waals surface area contributed by atoms with Crippen LogP contribution < -0.4 is 0 Å². The van der Waals surface area contributed by atoms with E-state index in [0.29, 0.717) is 0 Å². The zero-order valence-electron chi connectivity index (χ0n) is 67.0. The fourth-order valence-corrected chi connectivity index (χ4v) is 13.5. The summed E-state index contributed by atoms with van der Waals surface area (Å²) in [5, 5.41) is 10.1. The molecule has 0 N–H and O–H groups in total. The molecule has 0 saturated heterocycles. The minimum Gasteiger partial charge on any atom is -0.496 e. The van der Waals surface area contributed by atoms with Gasteiger partial charge in [-0.3, -0.25) is 0 Å². The van der Waals surface area contributed by atoms with Gasteiger partial charge < -0.3 is 17.7 Å². The minimum absolute atomic E-state index is 0.176. The average Bonchev–Trinajstić information content (AvgIpc) is 1.64. The molecule has 4 nitrogen and oxygen atoms in total. The Balaban J connectivity index is 0.000000138. The maximum atomic E-state index is 5.80. The van der Waals surface area contributed by atoms with Crippen LogP contribution in [0.1, 0.15) is 128 Å². The molecule has 0 spiro atoms. The van der Waals surface area contributed by atoms with Crippen molar-refractivity contribution in [3.63, 3.8) is 0 Å². The van der Waals surface area contributed by atoms with E-state index in [2.05, 4.69) is 328 Å². The maximum absolute atomic E-state index is 5.80. The van der Waals surface area contributed by atoms with Gasteiger partial charge in [-0.2, -0.15) is 0 Å². The van der Waals surface area contributed by atoms with Crippen molar-refractivity contribution in [3.05, 3.63) is 312 Å². The molecule has 544 valence electrons. The summed E-state index contributed by atoms with van der Waals surface area (Å²) in [5.41, 5.74) is 21.2. The second-order valence-corrected chi connectivity index (χ2v) is 51.9. The molecule has 0 amide bonds. The molecule has 0 aliphatic carbocycles. The number of rotatable bonds is 8. The number of furan rings is 4. The van der Waals surface area contributed by atoms with E-state index < -0.39 is 0 Å². The van der Waals surface area contributed by atoms with Gasteiger partial charge in [0.15, 0.2) is 0 Å². The number of hydrogen-bond donors (Lipinski definition) is 0. The molecule has 0 radical (unpaired) electrons. The van der Waals surface area contributed by atoms with Gasteiger partial charge in [-0.05, 0) is 142 Å². The number of fused-ring (bicyclic) bond motifs is 4. The Kier molecular flexibility index (Phi) is 25.5. The van der Waals surface area contributed by atoms with E-state index in [1.54, 1.807) is 46.7 Å². The minimum atomic E-state index is 0.176. The molecule has 4 aromatic heterocycles. The Morgan fingerprint density at radius 1 is 0.250 bits per heavy atom. The number of benzene rings is 8. The molecule has 4 heterocycles. The fraction of sp³-hybridized carbons (Fsp3) is 0.240. The van der Waals surface area contributed by atoms with Gasteiger partial charge >= 0.3 is 83.7 Å². The van der Waals surface area contributed by atoms with E-state index in [0.717, 1.165) is 68.3 Å². The van der Waals surface area contributed by atoms with E-state index in [4.69, 9.17) is 17.7 Å². The molecule has 12 aromatic carbocycles. The van der Waals surface area contributed by atoms with Crippen LogP contribution in [0.4, 0.5) is 0 Å². The summed E-state index contributed by atoms with van der Waals surface area (Å²) in [4.78, 5) is 0. The molecule has 8 heteroatoms. The smallest absolute Gasteiger partial charge is 0.0896 e. The molecule has 16 aromatic rings. The molecular weight excluding hydrogens is 1500 g/mol. The van der Waals surface area contributed by atoms with Crippen molar-refractivity contribution < 1.29 is 64.3 Å². The van der Waals surface area contributed by atoms with E-state index in [1.807, 2.05) is 76.2 Å². The topological polar surface area (TPSA) is 52.6 Å². The second kappa shape index (κ2) is 34.2. The largest absolute Gasteiger partial charge is 0.496 e. The van der Waals surface area contributed by atoms with Crippen molar-refractivity contribution >= 4 is 54.0 Å². The van der Waals surface area contributed by atoms with Crippen molar-refractivity contribution in [1.82, 2.24) is 0 Å². The van der Waals surface area contributed by atoms with E-state index in [1.165, 1.54) is 110 Å². The van der Waals surface area contributed by atoms with Crippen LogP contribution in [0.5, 0.6) is 0 Å². The van der Waals surface area contributed by atoms with Gasteiger partial charge in [0.25, 0.3) is 0 Å². The van der Waals surface area contributed by atoms with Gasteiger partial charge in [0.2, 0.25) is 0 Å². The van der Waals surface area contributed by atoms with Gasteiger partial charge in [-0.25, -0.2) is 0 Å². The molecule has 108 heavy (non-hydrogen) atoms. The molecule has 0 atom stereocenters. The number of aryl methyl sites for hydroxylation is 4. The first-order valence-corrected chi connectivity index (χ1v) is 50.0. The zero-order valence-corrected chi connectivity index (χ0v) is 74.0. The standard InChI is InChI=1S/4C24H23O.2C2H6Si.2Zr/c4*1-16-8-13-23(25-16)19-14-18-6-5-7-21(22(18)15-19)17-9-11-20(12-10-17)24(2,3)4;2*1-3-2;;/h4*5-15H,1-4H3;2*1-2H3;;/q4*-1;;;2*+2.